The maximum Gasteiger partial charge on any atom is 0.573 e. The van der Waals surface area contributed by atoms with E-state index in [4.69, 9.17) is 0 Å². The maximum absolute atomic E-state index is 12.1. The van der Waals surface area contributed by atoms with Gasteiger partial charge in [0.25, 0.3) is 5.69 Å². The number of amides is 1. The number of nitrogens with zero attached hydrogens (tertiary/aromatic N) is 1. The number of hydrogen-bond acceptors (Lipinski definition) is 5. The van der Waals surface area contributed by atoms with Gasteiger partial charge in [0.15, 0.2) is 0 Å². The molecule has 0 aliphatic carbocycles. The monoisotopic (exact) mass is 369 g/mol. The minimum absolute atomic E-state index is 0.0568. The number of halogens is 3. The fourth-order valence-electron chi connectivity index (χ4n) is 2.05. The number of nitro benzene ring substituents is 1. The van der Waals surface area contributed by atoms with Gasteiger partial charge in [0.05, 0.1) is 11.5 Å². The van der Waals surface area contributed by atoms with Crippen LogP contribution in [0, 0.1) is 17.0 Å². The van der Waals surface area contributed by atoms with Crippen molar-refractivity contribution in [2.75, 3.05) is 17.2 Å². The SMILES string of the molecule is Cc1ccc(NC(=O)CNc2ccc(OC(F)(F)F)cc2)c([N+](=O)[O-])c1. The molecular formula is C16H14F3N3O4. The number of aryl methyl sites for hydroxylation is 1. The van der Waals surface area contributed by atoms with E-state index in [2.05, 4.69) is 15.4 Å². The average Bonchev–Trinajstić information content (AvgIpc) is 2.54. The Bertz CT molecular complexity index is 807. The number of alkyl halides is 3. The summed E-state index contributed by atoms with van der Waals surface area (Å²) in [5.41, 5.74) is 0.885. The largest absolute Gasteiger partial charge is 0.573 e. The van der Waals surface area contributed by atoms with Crippen LogP contribution < -0.4 is 15.4 Å². The van der Waals surface area contributed by atoms with Gasteiger partial charge < -0.3 is 15.4 Å². The first kappa shape index (κ1) is 19.0. The second-order valence-electron chi connectivity index (χ2n) is 5.25. The van der Waals surface area contributed by atoms with Gasteiger partial charge in [0.1, 0.15) is 11.4 Å². The Labute approximate surface area is 145 Å². The van der Waals surface area contributed by atoms with E-state index in [-0.39, 0.29) is 23.7 Å². The topological polar surface area (TPSA) is 93.5 Å². The highest BCUT2D eigenvalue weighted by Gasteiger charge is 2.30. The van der Waals surface area contributed by atoms with Gasteiger partial charge in [-0.15, -0.1) is 13.2 Å². The van der Waals surface area contributed by atoms with E-state index in [0.29, 0.717) is 11.3 Å². The summed E-state index contributed by atoms with van der Waals surface area (Å²) >= 11 is 0. The Morgan fingerprint density at radius 3 is 2.42 bits per heavy atom. The smallest absolute Gasteiger partial charge is 0.406 e. The van der Waals surface area contributed by atoms with E-state index in [1.54, 1.807) is 13.0 Å². The molecule has 0 aliphatic rings. The first-order chi connectivity index (χ1) is 12.1. The molecule has 0 spiro atoms. The Hall–Kier alpha value is -3.30. The highest BCUT2D eigenvalue weighted by Crippen LogP contribution is 2.26. The summed E-state index contributed by atoms with van der Waals surface area (Å²) < 4.78 is 40.0. The van der Waals surface area contributed by atoms with Crippen molar-refractivity contribution in [1.29, 1.82) is 0 Å². The number of benzene rings is 2. The third kappa shape index (κ3) is 5.65. The summed E-state index contributed by atoms with van der Waals surface area (Å²) in [5.74, 6) is -0.935. The minimum atomic E-state index is -4.78. The van der Waals surface area contributed by atoms with Crippen LogP contribution in [0.3, 0.4) is 0 Å². The van der Waals surface area contributed by atoms with Crippen LogP contribution in [0.2, 0.25) is 0 Å². The van der Waals surface area contributed by atoms with E-state index in [9.17, 15) is 28.1 Å². The number of rotatable bonds is 6. The lowest BCUT2D eigenvalue weighted by atomic mass is 10.2. The molecule has 0 saturated carbocycles. The van der Waals surface area contributed by atoms with Crippen molar-refractivity contribution >= 4 is 23.0 Å². The molecule has 0 unspecified atom stereocenters. The fourth-order valence-corrected chi connectivity index (χ4v) is 2.05. The van der Waals surface area contributed by atoms with Crippen molar-refractivity contribution in [3.05, 3.63) is 58.1 Å². The van der Waals surface area contributed by atoms with Crippen molar-refractivity contribution in [2.45, 2.75) is 13.3 Å². The molecule has 2 aromatic rings. The zero-order valence-electron chi connectivity index (χ0n) is 13.5. The predicted octanol–water partition coefficient (Wildman–Crippen LogP) is 3.85. The summed E-state index contributed by atoms with van der Waals surface area (Å²) in [6, 6.07) is 9.19. The summed E-state index contributed by atoms with van der Waals surface area (Å²) in [7, 11) is 0. The molecule has 0 atom stereocenters. The molecule has 0 aliphatic heterocycles. The van der Waals surface area contributed by atoms with Crippen LogP contribution >= 0.6 is 0 Å². The molecule has 2 N–H and O–H groups in total. The van der Waals surface area contributed by atoms with E-state index in [1.165, 1.54) is 24.3 Å². The number of ether oxygens (including phenoxy) is 1. The molecule has 0 saturated heterocycles. The zero-order chi connectivity index (χ0) is 19.3. The van der Waals surface area contributed by atoms with Crippen molar-refractivity contribution in [3.63, 3.8) is 0 Å². The van der Waals surface area contributed by atoms with E-state index >= 15 is 0 Å². The van der Waals surface area contributed by atoms with Crippen molar-refractivity contribution in [3.8, 4) is 5.75 Å². The molecule has 0 fully saturated rings. The van der Waals surface area contributed by atoms with Gasteiger partial charge in [-0.2, -0.15) is 0 Å². The molecule has 0 heterocycles. The lowest BCUT2D eigenvalue weighted by Crippen LogP contribution is -2.22. The Morgan fingerprint density at radius 1 is 1.19 bits per heavy atom. The zero-order valence-corrected chi connectivity index (χ0v) is 13.5. The first-order valence-corrected chi connectivity index (χ1v) is 7.28. The molecule has 0 radical (unpaired) electrons. The number of carbonyl (C=O) groups is 1. The Morgan fingerprint density at radius 2 is 1.85 bits per heavy atom. The van der Waals surface area contributed by atoms with Crippen LogP contribution in [-0.2, 0) is 4.79 Å². The van der Waals surface area contributed by atoms with Gasteiger partial charge in [-0.05, 0) is 42.8 Å². The summed E-state index contributed by atoms with van der Waals surface area (Å²) in [5, 5.41) is 16.1. The molecular weight excluding hydrogens is 355 g/mol. The van der Waals surface area contributed by atoms with Gasteiger partial charge in [-0.3, -0.25) is 14.9 Å². The highest BCUT2D eigenvalue weighted by atomic mass is 19.4. The molecule has 0 aromatic heterocycles. The molecule has 26 heavy (non-hydrogen) atoms. The summed E-state index contributed by atoms with van der Waals surface area (Å²) in [6.07, 6.45) is -4.78. The third-order valence-corrected chi connectivity index (χ3v) is 3.16. The molecule has 1 amide bonds. The third-order valence-electron chi connectivity index (χ3n) is 3.16. The average molecular weight is 369 g/mol. The van der Waals surface area contributed by atoms with Crippen LogP contribution in [0.15, 0.2) is 42.5 Å². The van der Waals surface area contributed by atoms with Crippen LogP contribution in [0.1, 0.15) is 5.56 Å². The van der Waals surface area contributed by atoms with Crippen LogP contribution in [0.4, 0.5) is 30.2 Å². The lowest BCUT2D eigenvalue weighted by molar-refractivity contribution is -0.384. The minimum Gasteiger partial charge on any atom is -0.406 e. The Kier molecular flexibility index (Phi) is 5.65. The van der Waals surface area contributed by atoms with E-state index < -0.39 is 17.2 Å². The van der Waals surface area contributed by atoms with Gasteiger partial charge in [0.2, 0.25) is 5.91 Å². The molecule has 138 valence electrons. The van der Waals surface area contributed by atoms with E-state index in [0.717, 1.165) is 12.1 Å². The number of hydrogen-bond donors (Lipinski definition) is 2. The van der Waals surface area contributed by atoms with Crippen molar-refractivity contribution in [1.82, 2.24) is 0 Å². The lowest BCUT2D eigenvalue weighted by Gasteiger charge is -2.11. The summed E-state index contributed by atoms with van der Waals surface area (Å²) in [6.45, 7) is 1.46. The van der Waals surface area contributed by atoms with Crippen LogP contribution in [0.5, 0.6) is 5.75 Å². The predicted molar refractivity (Wildman–Crippen MR) is 88.1 cm³/mol. The van der Waals surface area contributed by atoms with Gasteiger partial charge >= 0.3 is 6.36 Å². The number of carbonyl (C=O) groups excluding carboxylic acids is 1. The van der Waals surface area contributed by atoms with Crippen molar-refractivity contribution in [2.24, 2.45) is 0 Å². The molecule has 0 bridgehead atoms. The molecule has 10 heteroatoms. The second-order valence-corrected chi connectivity index (χ2v) is 5.25. The Balaban J connectivity index is 1.94. The van der Waals surface area contributed by atoms with Crippen LogP contribution in [-0.4, -0.2) is 23.7 Å². The van der Waals surface area contributed by atoms with Crippen LogP contribution in [0.25, 0.3) is 0 Å². The normalized spacial score (nSPS) is 10.9. The first-order valence-electron chi connectivity index (χ1n) is 7.28. The quantitative estimate of drug-likeness (QED) is 0.596. The van der Waals surface area contributed by atoms with E-state index in [1.807, 2.05) is 0 Å². The second kappa shape index (κ2) is 7.72. The number of nitro groups is 1. The molecule has 2 rings (SSSR count). The van der Waals surface area contributed by atoms with Gasteiger partial charge in [-0.25, -0.2) is 0 Å². The number of anilines is 2. The highest BCUT2D eigenvalue weighted by molar-refractivity contribution is 5.95. The molecule has 2 aromatic carbocycles. The van der Waals surface area contributed by atoms with Gasteiger partial charge in [0, 0.05) is 11.8 Å². The summed E-state index contributed by atoms with van der Waals surface area (Å²) in [4.78, 5) is 22.3. The molecule has 7 nitrogen and oxygen atoms in total. The van der Waals surface area contributed by atoms with Crippen molar-refractivity contribution < 1.29 is 27.6 Å². The maximum atomic E-state index is 12.1. The number of nitrogens with one attached hydrogen (secondary N) is 2. The van der Waals surface area contributed by atoms with Gasteiger partial charge in [-0.1, -0.05) is 6.07 Å². The standard InChI is InChI=1S/C16H14F3N3O4/c1-10-2-7-13(14(8-10)22(24)25)21-15(23)9-20-11-3-5-12(6-4-11)26-16(17,18)19/h2-8,20H,9H2,1H3,(H,21,23). The fraction of sp³-hybridized carbons (Fsp3) is 0.188.